The van der Waals surface area contributed by atoms with Gasteiger partial charge < -0.3 is 9.47 Å². The second-order valence-corrected chi connectivity index (χ2v) is 3.99. The van der Waals surface area contributed by atoms with Crippen LogP contribution < -0.4 is 4.74 Å². The minimum absolute atomic E-state index is 0.103. The lowest BCUT2D eigenvalue weighted by Gasteiger charge is -2.02. The Hall–Kier alpha value is -1.47. The average Bonchev–Trinajstić information content (AvgIpc) is 2.31. The van der Waals surface area contributed by atoms with Crippen molar-refractivity contribution in [1.29, 1.82) is 0 Å². The molecule has 0 saturated carbocycles. The molecule has 0 heterocycles. The summed E-state index contributed by atoms with van der Waals surface area (Å²) in [5.74, 6) is 6.06. The van der Waals surface area contributed by atoms with E-state index in [2.05, 4.69) is 27.8 Å². The summed E-state index contributed by atoms with van der Waals surface area (Å²) in [6.07, 6.45) is 0.103. The van der Waals surface area contributed by atoms with Crippen LogP contribution in [0.1, 0.15) is 18.9 Å². The fraction of sp³-hybridized carbons (Fsp3) is 0.308. The zero-order chi connectivity index (χ0) is 12.7. The first-order chi connectivity index (χ1) is 8.17. The highest BCUT2D eigenvalue weighted by Crippen LogP contribution is 2.25. The molecule has 0 fully saturated rings. The lowest BCUT2D eigenvalue weighted by atomic mass is 10.2. The Balaban J connectivity index is 2.69. The monoisotopic (exact) mass is 296 g/mol. The van der Waals surface area contributed by atoms with Gasteiger partial charge in [0.2, 0.25) is 0 Å². The second kappa shape index (κ2) is 6.97. The van der Waals surface area contributed by atoms with E-state index in [4.69, 9.17) is 9.47 Å². The molecule has 0 aliphatic rings. The molecule has 4 heteroatoms. The van der Waals surface area contributed by atoms with Crippen molar-refractivity contribution in [2.45, 2.75) is 13.3 Å². The van der Waals surface area contributed by atoms with Gasteiger partial charge in [-0.05, 0) is 41.1 Å². The molecular weight excluding hydrogens is 284 g/mol. The zero-order valence-electron chi connectivity index (χ0n) is 9.75. The van der Waals surface area contributed by atoms with Gasteiger partial charge in [-0.1, -0.05) is 11.8 Å². The minimum atomic E-state index is -0.302. The summed E-state index contributed by atoms with van der Waals surface area (Å²) in [4.78, 5) is 11.1. The Kier molecular flexibility index (Phi) is 5.58. The van der Waals surface area contributed by atoms with Crippen molar-refractivity contribution in [3.8, 4) is 17.6 Å². The smallest absolute Gasteiger partial charge is 0.317 e. The van der Waals surface area contributed by atoms with Crippen LogP contribution in [-0.2, 0) is 9.53 Å². The number of halogens is 1. The van der Waals surface area contributed by atoms with Crippen LogP contribution in [0.3, 0.4) is 0 Å². The fourth-order valence-corrected chi connectivity index (χ4v) is 1.58. The number of methoxy groups -OCH3 is 1. The summed E-state index contributed by atoms with van der Waals surface area (Å²) in [5.41, 5.74) is 0.800. The van der Waals surface area contributed by atoms with Crippen molar-refractivity contribution in [3.05, 3.63) is 28.2 Å². The van der Waals surface area contributed by atoms with Crippen LogP contribution in [-0.4, -0.2) is 19.7 Å². The Bertz CT molecular complexity index is 457. The van der Waals surface area contributed by atoms with E-state index in [0.29, 0.717) is 12.4 Å². The van der Waals surface area contributed by atoms with Crippen LogP contribution in [0.5, 0.6) is 5.75 Å². The first-order valence-corrected chi connectivity index (χ1v) is 5.94. The normalized spacial score (nSPS) is 9.12. The molecule has 0 amide bonds. The highest BCUT2D eigenvalue weighted by atomic mass is 79.9. The van der Waals surface area contributed by atoms with Crippen molar-refractivity contribution in [2.75, 3.05) is 13.7 Å². The van der Waals surface area contributed by atoms with Gasteiger partial charge in [-0.15, -0.1) is 0 Å². The van der Waals surface area contributed by atoms with Gasteiger partial charge in [-0.25, -0.2) is 0 Å². The Morgan fingerprint density at radius 2 is 2.24 bits per heavy atom. The standard InChI is InChI=1S/C13H13BrO3/c1-3-17-13(15)6-4-5-10-7-8-11(14)12(9-10)16-2/h7-9H,3,6H2,1-2H3. The van der Waals surface area contributed by atoms with Gasteiger partial charge in [0.15, 0.2) is 0 Å². The average molecular weight is 297 g/mol. The third-order valence-electron chi connectivity index (χ3n) is 1.92. The van der Waals surface area contributed by atoms with E-state index in [9.17, 15) is 4.79 Å². The van der Waals surface area contributed by atoms with E-state index in [0.717, 1.165) is 10.0 Å². The van der Waals surface area contributed by atoms with Crippen LogP contribution in [0.2, 0.25) is 0 Å². The maximum absolute atomic E-state index is 11.1. The topological polar surface area (TPSA) is 35.5 Å². The predicted octanol–water partition coefficient (Wildman–Crippen LogP) is 2.76. The molecule has 0 atom stereocenters. The summed E-state index contributed by atoms with van der Waals surface area (Å²) >= 11 is 3.36. The van der Waals surface area contributed by atoms with E-state index in [-0.39, 0.29) is 12.4 Å². The maximum Gasteiger partial charge on any atom is 0.317 e. The maximum atomic E-state index is 11.1. The number of rotatable bonds is 3. The lowest BCUT2D eigenvalue weighted by molar-refractivity contribution is -0.141. The Morgan fingerprint density at radius 3 is 2.88 bits per heavy atom. The molecule has 0 spiro atoms. The van der Waals surface area contributed by atoms with E-state index in [1.807, 2.05) is 18.2 Å². The van der Waals surface area contributed by atoms with Gasteiger partial charge >= 0.3 is 5.97 Å². The lowest BCUT2D eigenvalue weighted by Crippen LogP contribution is -2.01. The third kappa shape index (κ3) is 4.49. The van der Waals surface area contributed by atoms with Gasteiger partial charge in [0, 0.05) is 5.56 Å². The molecule has 0 N–H and O–H groups in total. The van der Waals surface area contributed by atoms with E-state index in [1.165, 1.54) is 0 Å². The van der Waals surface area contributed by atoms with Crippen LogP contribution >= 0.6 is 15.9 Å². The van der Waals surface area contributed by atoms with Crippen molar-refractivity contribution in [2.24, 2.45) is 0 Å². The molecule has 0 aliphatic carbocycles. The van der Waals surface area contributed by atoms with Crippen molar-refractivity contribution < 1.29 is 14.3 Å². The van der Waals surface area contributed by atoms with Crippen LogP contribution in [0.15, 0.2) is 22.7 Å². The van der Waals surface area contributed by atoms with E-state index in [1.54, 1.807) is 14.0 Å². The molecule has 90 valence electrons. The van der Waals surface area contributed by atoms with Crippen molar-refractivity contribution in [1.82, 2.24) is 0 Å². The molecule has 1 aromatic rings. The number of hydrogen-bond donors (Lipinski definition) is 0. The van der Waals surface area contributed by atoms with E-state index >= 15 is 0 Å². The molecule has 0 unspecified atom stereocenters. The number of benzene rings is 1. The highest BCUT2D eigenvalue weighted by molar-refractivity contribution is 9.10. The molecule has 0 bridgehead atoms. The van der Waals surface area contributed by atoms with Crippen molar-refractivity contribution >= 4 is 21.9 Å². The largest absolute Gasteiger partial charge is 0.496 e. The quantitative estimate of drug-likeness (QED) is 0.635. The SMILES string of the molecule is CCOC(=O)CC#Cc1ccc(Br)c(OC)c1. The molecular formula is C13H13BrO3. The van der Waals surface area contributed by atoms with Gasteiger partial charge in [0.05, 0.1) is 18.2 Å². The number of carbonyl (C=O) groups excluding carboxylic acids is 1. The third-order valence-corrected chi connectivity index (χ3v) is 2.58. The molecule has 1 rings (SSSR count). The van der Waals surface area contributed by atoms with Gasteiger partial charge in [-0.3, -0.25) is 4.79 Å². The number of esters is 1. The Labute approximate surface area is 109 Å². The van der Waals surface area contributed by atoms with Crippen LogP contribution in [0, 0.1) is 11.8 Å². The number of ether oxygens (including phenoxy) is 2. The second-order valence-electron chi connectivity index (χ2n) is 3.13. The molecule has 1 aromatic carbocycles. The zero-order valence-corrected chi connectivity index (χ0v) is 11.3. The minimum Gasteiger partial charge on any atom is -0.496 e. The molecule has 0 radical (unpaired) electrons. The first-order valence-electron chi connectivity index (χ1n) is 5.15. The van der Waals surface area contributed by atoms with Crippen molar-refractivity contribution in [3.63, 3.8) is 0 Å². The number of hydrogen-bond acceptors (Lipinski definition) is 3. The summed E-state index contributed by atoms with van der Waals surface area (Å²) in [6.45, 7) is 2.15. The van der Waals surface area contributed by atoms with E-state index < -0.39 is 0 Å². The molecule has 3 nitrogen and oxygen atoms in total. The predicted molar refractivity (Wildman–Crippen MR) is 68.8 cm³/mol. The molecule has 0 aliphatic heterocycles. The summed E-state index contributed by atoms with van der Waals surface area (Å²) in [5, 5.41) is 0. The summed E-state index contributed by atoms with van der Waals surface area (Å²) in [7, 11) is 1.59. The molecule has 0 aromatic heterocycles. The number of carbonyl (C=O) groups is 1. The first kappa shape index (κ1) is 13.6. The fourth-order valence-electron chi connectivity index (χ4n) is 1.17. The molecule has 17 heavy (non-hydrogen) atoms. The van der Waals surface area contributed by atoms with Gasteiger partial charge in [0.25, 0.3) is 0 Å². The van der Waals surface area contributed by atoms with Gasteiger partial charge in [0.1, 0.15) is 12.2 Å². The van der Waals surface area contributed by atoms with Crippen LogP contribution in [0.4, 0.5) is 0 Å². The van der Waals surface area contributed by atoms with Gasteiger partial charge in [-0.2, -0.15) is 0 Å². The summed E-state index contributed by atoms with van der Waals surface area (Å²) < 4.78 is 10.8. The highest BCUT2D eigenvalue weighted by Gasteiger charge is 2.00. The Morgan fingerprint density at radius 1 is 1.47 bits per heavy atom. The summed E-state index contributed by atoms with van der Waals surface area (Å²) in [6, 6.07) is 5.51. The molecule has 0 saturated heterocycles. The van der Waals surface area contributed by atoms with Crippen LogP contribution in [0.25, 0.3) is 0 Å².